The Morgan fingerprint density at radius 2 is 1.57 bits per heavy atom. The van der Waals surface area contributed by atoms with Gasteiger partial charge in [0.1, 0.15) is 0 Å². The number of para-hydroxylation sites is 2. The monoisotopic (exact) mass is 487 g/mol. The molecule has 1 aliphatic rings. The van der Waals surface area contributed by atoms with Crippen LogP contribution in [0.4, 0.5) is 17.1 Å². The van der Waals surface area contributed by atoms with E-state index < -0.39 is 15.5 Å². The van der Waals surface area contributed by atoms with Crippen LogP contribution < -0.4 is 9.48 Å². The standard InChI is InChI=1S/C28H26N2O4S/c1-21(31)29(22-12-6-4-7-13-22)19-11-10-16-27-28(2,3)25-20-24(35(32,33)34)17-18-26(25)30(27)23-14-8-5-9-15-23/h4-20H,1-3H3/p+1. The lowest BCUT2D eigenvalue weighted by Gasteiger charge is -2.16. The van der Waals surface area contributed by atoms with Gasteiger partial charge in [-0.05, 0) is 44.2 Å². The minimum Gasteiger partial charge on any atom is -0.288 e. The molecule has 0 saturated heterocycles. The molecule has 0 bridgehead atoms. The second-order valence-corrected chi connectivity index (χ2v) is 10.2. The largest absolute Gasteiger partial charge is 0.294 e. The summed E-state index contributed by atoms with van der Waals surface area (Å²) in [6.07, 6.45) is 7.34. The number of nitrogens with zero attached hydrogens (tertiary/aromatic N) is 2. The van der Waals surface area contributed by atoms with Crippen LogP contribution in [-0.2, 0) is 20.3 Å². The van der Waals surface area contributed by atoms with Gasteiger partial charge in [0.15, 0.2) is 5.71 Å². The van der Waals surface area contributed by atoms with E-state index in [9.17, 15) is 17.8 Å². The number of carbonyl (C=O) groups is 1. The van der Waals surface area contributed by atoms with Crippen molar-refractivity contribution in [2.75, 3.05) is 4.90 Å². The molecule has 0 aliphatic carbocycles. The fourth-order valence-corrected chi connectivity index (χ4v) is 4.81. The summed E-state index contributed by atoms with van der Waals surface area (Å²) in [6.45, 7) is 5.53. The predicted molar refractivity (Wildman–Crippen MR) is 140 cm³/mol. The van der Waals surface area contributed by atoms with Crippen LogP contribution in [0.5, 0.6) is 0 Å². The molecule has 0 fully saturated rings. The van der Waals surface area contributed by atoms with Crippen molar-refractivity contribution in [3.8, 4) is 0 Å². The van der Waals surface area contributed by atoms with Gasteiger partial charge in [-0.25, -0.2) is 0 Å². The maximum Gasteiger partial charge on any atom is 0.294 e. The summed E-state index contributed by atoms with van der Waals surface area (Å²) in [7, 11) is -4.33. The van der Waals surface area contributed by atoms with Crippen molar-refractivity contribution in [1.29, 1.82) is 0 Å². The highest BCUT2D eigenvalue weighted by Gasteiger charge is 2.45. The third-order valence-electron chi connectivity index (χ3n) is 6.05. The topological polar surface area (TPSA) is 77.7 Å². The molecule has 4 rings (SSSR count). The molecule has 6 nitrogen and oxygen atoms in total. The molecule has 1 amide bonds. The number of anilines is 1. The summed E-state index contributed by atoms with van der Waals surface area (Å²) in [5.74, 6) is -0.106. The van der Waals surface area contributed by atoms with Gasteiger partial charge in [0, 0.05) is 48.6 Å². The predicted octanol–water partition coefficient (Wildman–Crippen LogP) is 5.62. The van der Waals surface area contributed by atoms with Crippen molar-refractivity contribution in [2.45, 2.75) is 31.1 Å². The molecule has 178 valence electrons. The van der Waals surface area contributed by atoms with E-state index in [1.54, 1.807) is 23.2 Å². The molecule has 35 heavy (non-hydrogen) atoms. The minimum atomic E-state index is -4.33. The highest BCUT2D eigenvalue weighted by molar-refractivity contribution is 7.85. The number of carbonyl (C=O) groups excluding carboxylic acids is 1. The van der Waals surface area contributed by atoms with Crippen LogP contribution in [0.1, 0.15) is 26.3 Å². The minimum absolute atomic E-state index is 0.106. The number of allylic oxidation sites excluding steroid dienone is 3. The zero-order valence-electron chi connectivity index (χ0n) is 19.8. The van der Waals surface area contributed by atoms with Crippen LogP contribution in [0.25, 0.3) is 0 Å². The van der Waals surface area contributed by atoms with Crippen LogP contribution in [-0.4, -0.2) is 24.6 Å². The Kier molecular flexibility index (Phi) is 6.56. The number of fused-ring (bicyclic) bond motifs is 1. The van der Waals surface area contributed by atoms with E-state index in [1.807, 2.05) is 86.7 Å². The molecular weight excluding hydrogens is 460 g/mol. The lowest BCUT2D eigenvalue weighted by atomic mass is 9.81. The van der Waals surface area contributed by atoms with Gasteiger partial charge in [0.25, 0.3) is 10.1 Å². The Balaban J connectivity index is 1.78. The van der Waals surface area contributed by atoms with E-state index in [-0.39, 0.29) is 10.8 Å². The second-order valence-electron chi connectivity index (χ2n) is 8.76. The molecule has 0 spiro atoms. The van der Waals surface area contributed by atoms with Crippen LogP contribution in [0.15, 0.2) is 108 Å². The van der Waals surface area contributed by atoms with Crippen molar-refractivity contribution in [2.24, 2.45) is 0 Å². The summed E-state index contributed by atoms with van der Waals surface area (Å²) in [4.78, 5) is 13.6. The molecule has 1 aliphatic heterocycles. The number of hydrogen-bond donors (Lipinski definition) is 1. The molecule has 3 aromatic carbocycles. The van der Waals surface area contributed by atoms with Gasteiger partial charge in [-0.2, -0.15) is 13.0 Å². The summed E-state index contributed by atoms with van der Waals surface area (Å²) < 4.78 is 35.3. The first kappa shape index (κ1) is 24.3. The van der Waals surface area contributed by atoms with Crippen molar-refractivity contribution in [1.82, 2.24) is 4.58 Å². The number of rotatable bonds is 6. The second kappa shape index (κ2) is 9.44. The molecular formula is C28H27N2O4S+. The van der Waals surface area contributed by atoms with E-state index in [1.165, 1.54) is 19.1 Å². The lowest BCUT2D eigenvalue weighted by Crippen LogP contribution is -2.27. The van der Waals surface area contributed by atoms with Gasteiger partial charge < -0.3 is 0 Å². The number of benzene rings is 3. The molecule has 0 unspecified atom stereocenters. The molecule has 0 radical (unpaired) electrons. The summed E-state index contributed by atoms with van der Waals surface area (Å²) in [5.41, 5.74) is 3.69. The van der Waals surface area contributed by atoms with Crippen molar-refractivity contribution >= 4 is 38.8 Å². The third-order valence-corrected chi connectivity index (χ3v) is 6.90. The van der Waals surface area contributed by atoms with E-state index in [0.717, 1.165) is 28.3 Å². The fourth-order valence-electron chi connectivity index (χ4n) is 4.30. The molecule has 1 N–H and O–H groups in total. The van der Waals surface area contributed by atoms with Crippen molar-refractivity contribution in [3.05, 3.63) is 109 Å². The Bertz CT molecular complexity index is 1460. The first-order valence-corrected chi connectivity index (χ1v) is 12.6. The van der Waals surface area contributed by atoms with Gasteiger partial charge in [0.2, 0.25) is 17.3 Å². The Morgan fingerprint density at radius 1 is 0.943 bits per heavy atom. The average molecular weight is 488 g/mol. The fraction of sp³-hybridized carbons (Fsp3) is 0.143. The van der Waals surface area contributed by atoms with Crippen molar-refractivity contribution < 1.29 is 17.8 Å². The zero-order chi connectivity index (χ0) is 25.2. The van der Waals surface area contributed by atoms with E-state index >= 15 is 0 Å². The Morgan fingerprint density at radius 3 is 2.17 bits per heavy atom. The molecule has 0 saturated carbocycles. The number of hydrogen-bond acceptors (Lipinski definition) is 3. The smallest absolute Gasteiger partial charge is 0.288 e. The quantitative estimate of drug-likeness (QED) is 0.278. The van der Waals surface area contributed by atoms with Gasteiger partial charge in [-0.15, -0.1) is 0 Å². The van der Waals surface area contributed by atoms with Crippen LogP contribution in [0.3, 0.4) is 0 Å². The summed E-state index contributed by atoms with van der Waals surface area (Å²) >= 11 is 0. The first-order chi connectivity index (χ1) is 16.6. The Labute approximate surface area is 205 Å². The summed E-state index contributed by atoms with van der Waals surface area (Å²) in [5, 5.41) is 0. The first-order valence-electron chi connectivity index (χ1n) is 11.1. The van der Waals surface area contributed by atoms with E-state index in [0.29, 0.717) is 0 Å². The van der Waals surface area contributed by atoms with Crippen LogP contribution in [0, 0.1) is 0 Å². The highest BCUT2D eigenvalue weighted by atomic mass is 32.2. The zero-order valence-corrected chi connectivity index (χ0v) is 20.6. The third kappa shape index (κ3) is 4.87. The molecule has 7 heteroatoms. The maximum absolute atomic E-state index is 12.2. The highest BCUT2D eigenvalue weighted by Crippen LogP contribution is 2.43. The van der Waals surface area contributed by atoms with Gasteiger partial charge in [0.05, 0.1) is 10.3 Å². The molecule has 0 atom stereocenters. The van der Waals surface area contributed by atoms with Crippen LogP contribution in [0.2, 0.25) is 0 Å². The molecule has 1 heterocycles. The Hall–Kier alpha value is -3.81. The number of amides is 1. The summed E-state index contributed by atoms with van der Waals surface area (Å²) in [6, 6.07) is 23.8. The molecule has 0 aromatic heterocycles. The van der Waals surface area contributed by atoms with Crippen LogP contribution >= 0.6 is 0 Å². The van der Waals surface area contributed by atoms with E-state index in [2.05, 4.69) is 4.58 Å². The van der Waals surface area contributed by atoms with Gasteiger partial charge in [-0.1, -0.05) is 42.5 Å². The lowest BCUT2D eigenvalue weighted by molar-refractivity contribution is -0.116. The van der Waals surface area contributed by atoms with Crippen molar-refractivity contribution in [3.63, 3.8) is 0 Å². The normalized spacial score (nSPS) is 15.1. The average Bonchev–Trinajstić information content (AvgIpc) is 3.05. The van der Waals surface area contributed by atoms with E-state index in [4.69, 9.17) is 0 Å². The van der Waals surface area contributed by atoms with Gasteiger partial charge in [-0.3, -0.25) is 14.2 Å². The van der Waals surface area contributed by atoms with Gasteiger partial charge >= 0.3 is 0 Å². The SMILES string of the molecule is CC(=O)N(/C=C/C=C/C1=[N+](c2ccccc2)c2ccc(S(=O)(=O)O)cc2C1(C)C)c1ccccc1. The maximum atomic E-state index is 12.2. The molecule has 3 aromatic rings.